The quantitative estimate of drug-likeness (QED) is 0.273. The third-order valence-electron chi connectivity index (χ3n) is 6.35. The molecule has 1 aromatic carbocycles. The molecule has 0 saturated carbocycles. The lowest BCUT2D eigenvalue weighted by Crippen LogP contribution is -2.68. The Balaban J connectivity index is 2.11. The van der Waals surface area contributed by atoms with Crippen LogP contribution in [0.3, 0.4) is 0 Å². The molecule has 214 valence electrons. The Morgan fingerprint density at radius 3 is 1.92 bits per heavy atom. The average Bonchev–Trinajstić information content (AvgIpc) is 3.23. The van der Waals surface area contributed by atoms with Gasteiger partial charge in [-0.1, -0.05) is 32.0 Å². The molecular formula is C29H50O5SSi3. The van der Waals surface area contributed by atoms with E-state index in [2.05, 4.69) is 97.0 Å². The van der Waals surface area contributed by atoms with Gasteiger partial charge in [0.15, 0.2) is 25.0 Å². The third kappa shape index (κ3) is 8.44. The van der Waals surface area contributed by atoms with Crippen LogP contribution in [0.4, 0.5) is 0 Å². The van der Waals surface area contributed by atoms with E-state index in [9.17, 15) is 5.11 Å². The second kappa shape index (κ2) is 12.1. The van der Waals surface area contributed by atoms with Crippen molar-refractivity contribution >= 4 is 36.3 Å². The highest BCUT2D eigenvalue weighted by molar-refractivity contribution is 7.12. The number of benzene rings is 1. The van der Waals surface area contributed by atoms with Crippen molar-refractivity contribution in [3.05, 3.63) is 57.3 Å². The van der Waals surface area contributed by atoms with E-state index in [0.29, 0.717) is 6.42 Å². The largest absolute Gasteiger partial charge is 0.409 e. The molecule has 5 nitrogen and oxygen atoms in total. The van der Waals surface area contributed by atoms with Crippen molar-refractivity contribution in [2.75, 3.05) is 0 Å². The molecule has 1 aromatic heterocycles. The minimum atomic E-state index is -2.13. The summed E-state index contributed by atoms with van der Waals surface area (Å²) in [5, 5.41) is 12.6. The van der Waals surface area contributed by atoms with E-state index in [1.807, 2.05) is 23.5 Å². The van der Waals surface area contributed by atoms with Gasteiger partial charge in [0.05, 0.1) is 12.2 Å². The van der Waals surface area contributed by atoms with Gasteiger partial charge in [-0.15, -0.1) is 11.3 Å². The zero-order valence-corrected chi connectivity index (χ0v) is 29.2. The zero-order valence-electron chi connectivity index (χ0n) is 25.4. The third-order valence-corrected chi connectivity index (χ3v) is 10.5. The maximum absolute atomic E-state index is 12.6. The summed E-state index contributed by atoms with van der Waals surface area (Å²) < 4.78 is 27.2. The number of ether oxygens (including phenoxy) is 1. The normalized spacial score (nSPS) is 27.1. The SMILES string of the molecule is CCc1ccc(Cc2cccc(C3(O)O[C@H](CC)[C@@H](O[Si](C)(C)C)[C@H](O[Si](C)(C)C)[C@H]3O[Si](C)(C)C)c2)s1. The van der Waals surface area contributed by atoms with Crippen LogP contribution in [0.1, 0.15) is 41.1 Å². The second-order valence-corrected chi connectivity index (χ2v) is 28.0. The summed E-state index contributed by atoms with van der Waals surface area (Å²) >= 11 is 1.85. The monoisotopic (exact) mass is 594 g/mol. The molecule has 1 aliphatic heterocycles. The molecule has 0 amide bonds. The minimum Gasteiger partial charge on any atom is -0.409 e. The van der Waals surface area contributed by atoms with E-state index < -0.39 is 42.9 Å². The van der Waals surface area contributed by atoms with Crippen molar-refractivity contribution in [2.24, 2.45) is 0 Å². The van der Waals surface area contributed by atoms with Gasteiger partial charge in [-0.05, 0) is 95.5 Å². The number of aryl methyl sites for hydroxylation is 1. The molecular weight excluding hydrogens is 545 g/mol. The Kier molecular flexibility index (Phi) is 10.1. The molecule has 1 N–H and O–H groups in total. The number of aliphatic hydroxyl groups is 1. The molecule has 1 aliphatic rings. The van der Waals surface area contributed by atoms with Crippen LogP contribution in [0.15, 0.2) is 36.4 Å². The number of thiophene rings is 1. The van der Waals surface area contributed by atoms with Crippen LogP contribution < -0.4 is 0 Å². The minimum absolute atomic E-state index is 0.304. The number of hydrogen-bond donors (Lipinski definition) is 1. The van der Waals surface area contributed by atoms with Crippen molar-refractivity contribution in [1.29, 1.82) is 0 Å². The molecule has 0 spiro atoms. The molecule has 1 saturated heterocycles. The van der Waals surface area contributed by atoms with Crippen molar-refractivity contribution in [3.8, 4) is 0 Å². The lowest BCUT2D eigenvalue weighted by Gasteiger charge is -2.54. The summed E-state index contributed by atoms with van der Waals surface area (Å²) in [4.78, 5) is 2.71. The summed E-state index contributed by atoms with van der Waals surface area (Å²) in [5.41, 5.74) is 1.87. The molecule has 0 radical (unpaired) electrons. The van der Waals surface area contributed by atoms with Gasteiger partial charge in [0.25, 0.3) is 0 Å². The van der Waals surface area contributed by atoms with Crippen molar-refractivity contribution in [1.82, 2.24) is 0 Å². The standard InChI is InChI=1S/C29H50O5SSi3/c1-12-23-17-18-24(35-23)20-21-15-14-16-22(19-21)29(30)28(34-38(9,10)11)27(33-37(6,7)8)26(25(13-2)31-29)32-36(3,4)5/h14-19,25-28,30H,12-13,20H2,1-11H3/t25-,26-,27+,28-,29?/m1/s1. The molecule has 2 aromatic rings. The maximum Gasteiger partial charge on any atom is 0.221 e. The summed E-state index contributed by atoms with van der Waals surface area (Å²) in [5.74, 6) is -1.65. The van der Waals surface area contributed by atoms with E-state index >= 15 is 0 Å². The van der Waals surface area contributed by atoms with Gasteiger partial charge in [0, 0.05) is 21.7 Å². The van der Waals surface area contributed by atoms with Gasteiger partial charge in [-0.3, -0.25) is 0 Å². The molecule has 3 rings (SSSR count). The molecule has 2 heterocycles. The Morgan fingerprint density at radius 2 is 1.39 bits per heavy atom. The first-order valence-corrected chi connectivity index (χ1v) is 25.1. The van der Waals surface area contributed by atoms with Gasteiger partial charge >= 0.3 is 0 Å². The predicted molar refractivity (Wildman–Crippen MR) is 167 cm³/mol. The summed E-state index contributed by atoms with van der Waals surface area (Å²) in [6.45, 7) is 23.9. The first-order chi connectivity index (χ1) is 17.4. The molecule has 38 heavy (non-hydrogen) atoms. The van der Waals surface area contributed by atoms with Crippen molar-refractivity contribution in [2.45, 2.75) is 122 Å². The fourth-order valence-corrected chi connectivity index (χ4v) is 9.17. The van der Waals surface area contributed by atoms with Crippen molar-refractivity contribution in [3.63, 3.8) is 0 Å². The Bertz CT molecular complexity index is 1060. The molecule has 5 atom stereocenters. The van der Waals surface area contributed by atoms with Crippen LogP contribution in [0.25, 0.3) is 0 Å². The van der Waals surface area contributed by atoms with Crippen LogP contribution in [0.2, 0.25) is 58.9 Å². The lowest BCUT2D eigenvalue weighted by molar-refractivity contribution is -0.346. The van der Waals surface area contributed by atoms with Crippen LogP contribution in [-0.4, -0.2) is 54.5 Å². The average molecular weight is 595 g/mol. The van der Waals surface area contributed by atoms with E-state index in [1.165, 1.54) is 9.75 Å². The van der Waals surface area contributed by atoms with Crippen LogP contribution in [0, 0.1) is 0 Å². The predicted octanol–water partition coefficient (Wildman–Crippen LogP) is 7.52. The number of rotatable bonds is 11. The number of hydrogen-bond acceptors (Lipinski definition) is 6. The van der Waals surface area contributed by atoms with Gasteiger partial charge in [0.2, 0.25) is 5.79 Å². The Morgan fingerprint density at radius 1 is 0.816 bits per heavy atom. The molecule has 1 fully saturated rings. The molecule has 9 heteroatoms. The van der Waals surface area contributed by atoms with Gasteiger partial charge < -0.3 is 23.1 Å². The van der Waals surface area contributed by atoms with E-state index in [0.717, 1.165) is 24.0 Å². The summed E-state index contributed by atoms with van der Waals surface area (Å²) in [6, 6.07) is 12.6. The smallest absolute Gasteiger partial charge is 0.221 e. The first-order valence-electron chi connectivity index (χ1n) is 14.0. The van der Waals surface area contributed by atoms with E-state index in [4.69, 9.17) is 18.0 Å². The summed E-state index contributed by atoms with van der Waals surface area (Å²) in [7, 11) is -6.13. The van der Waals surface area contributed by atoms with Crippen molar-refractivity contribution < 1.29 is 23.1 Å². The molecule has 1 unspecified atom stereocenters. The highest BCUT2D eigenvalue weighted by Crippen LogP contribution is 2.44. The zero-order chi connectivity index (χ0) is 28.5. The first kappa shape index (κ1) is 31.9. The second-order valence-electron chi connectivity index (χ2n) is 13.4. The highest BCUT2D eigenvalue weighted by Gasteiger charge is 2.58. The van der Waals surface area contributed by atoms with E-state index in [-0.39, 0.29) is 12.2 Å². The highest BCUT2D eigenvalue weighted by atomic mass is 32.1. The molecule has 0 aliphatic carbocycles. The lowest BCUT2D eigenvalue weighted by atomic mass is 9.86. The fourth-order valence-electron chi connectivity index (χ4n) is 4.95. The Labute approximate surface area is 238 Å². The van der Waals surface area contributed by atoms with Gasteiger partial charge in [0.1, 0.15) is 12.2 Å². The van der Waals surface area contributed by atoms with Crippen LogP contribution in [0.5, 0.6) is 0 Å². The summed E-state index contributed by atoms with van der Waals surface area (Å²) in [6.07, 6.45) is 0.819. The maximum atomic E-state index is 12.6. The van der Waals surface area contributed by atoms with Gasteiger partial charge in [-0.25, -0.2) is 0 Å². The fraction of sp³-hybridized carbons (Fsp3) is 0.655. The Hall–Kier alpha value is -0.629. The molecule has 0 bridgehead atoms. The topological polar surface area (TPSA) is 57.2 Å². The van der Waals surface area contributed by atoms with Gasteiger partial charge in [-0.2, -0.15) is 0 Å². The van der Waals surface area contributed by atoms with Crippen LogP contribution in [-0.2, 0) is 36.6 Å². The van der Waals surface area contributed by atoms with E-state index in [1.54, 1.807) is 0 Å². The van der Waals surface area contributed by atoms with Crippen LogP contribution >= 0.6 is 11.3 Å².